The summed E-state index contributed by atoms with van der Waals surface area (Å²) in [5, 5.41) is 0.792. The molecule has 2 N–H and O–H groups in total. The van der Waals surface area contributed by atoms with Crippen molar-refractivity contribution in [3.05, 3.63) is 47.1 Å². The van der Waals surface area contributed by atoms with Crippen molar-refractivity contribution in [2.24, 2.45) is 0 Å². The monoisotopic (exact) mass is 234 g/mol. The predicted octanol–water partition coefficient (Wildman–Crippen LogP) is 2.08. The van der Waals surface area contributed by atoms with E-state index in [0.29, 0.717) is 5.00 Å². The third kappa shape index (κ3) is 2.58. The Balaban J connectivity index is 1.94. The quantitative estimate of drug-likeness (QED) is 0.826. The normalized spacial score (nSPS) is 10.0. The van der Waals surface area contributed by atoms with Crippen LogP contribution in [0.15, 0.2) is 36.5 Å². The molecule has 0 spiro atoms. The molecule has 1 heterocycles. The summed E-state index contributed by atoms with van der Waals surface area (Å²) >= 11 is 1.12. The van der Waals surface area contributed by atoms with E-state index in [1.54, 1.807) is 0 Å². The van der Waals surface area contributed by atoms with Crippen molar-refractivity contribution in [1.82, 2.24) is 4.98 Å². The van der Waals surface area contributed by atoms with Crippen LogP contribution in [0.5, 0.6) is 0 Å². The highest BCUT2D eigenvalue weighted by Gasteiger charge is 2.11. The molecular formula is C11H10N2O2S. The van der Waals surface area contributed by atoms with Gasteiger partial charge in [-0.2, -0.15) is 0 Å². The highest BCUT2D eigenvalue weighted by molar-refractivity contribution is 7.17. The van der Waals surface area contributed by atoms with E-state index >= 15 is 0 Å². The van der Waals surface area contributed by atoms with Crippen LogP contribution in [-0.4, -0.2) is 11.0 Å². The number of rotatable bonds is 3. The zero-order chi connectivity index (χ0) is 11.4. The van der Waals surface area contributed by atoms with Gasteiger partial charge in [-0.05, 0) is 5.56 Å². The lowest BCUT2D eigenvalue weighted by Gasteiger charge is -2.01. The fourth-order valence-electron chi connectivity index (χ4n) is 1.17. The SMILES string of the molecule is Nc1cnc(C(=O)OCc2ccccc2)s1. The second-order valence-electron chi connectivity index (χ2n) is 3.13. The molecule has 5 heteroatoms. The summed E-state index contributed by atoms with van der Waals surface area (Å²) in [6.45, 7) is 0.249. The molecule has 4 nitrogen and oxygen atoms in total. The summed E-state index contributed by atoms with van der Waals surface area (Å²) in [5.74, 6) is -0.439. The number of hydrogen-bond acceptors (Lipinski definition) is 5. The summed E-state index contributed by atoms with van der Waals surface area (Å²) < 4.78 is 5.08. The molecule has 82 valence electrons. The average Bonchev–Trinajstić information content (AvgIpc) is 2.74. The van der Waals surface area contributed by atoms with Crippen LogP contribution >= 0.6 is 11.3 Å². The Morgan fingerprint density at radius 3 is 2.75 bits per heavy atom. The van der Waals surface area contributed by atoms with Crippen LogP contribution in [-0.2, 0) is 11.3 Å². The number of hydrogen-bond donors (Lipinski definition) is 1. The number of aromatic nitrogens is 1. The lowest BCUT2D eigenvalue weighted by Crippen LogP contribution is -2.04. The van der Waals surface area contributed by atoms with Crippen molar-refractivity contribution >= 4 is 22.3 Å². The van der Waals surface area contributed by atoms with Gasteiger partial charge in [0.25, 0.3) is 0 Å². The van der Waals surface area contributed by atoms with Crippen LogP contribution in [0.25, 0.3) is 0 Å². The number of carbonyl (C=O) groups excluding carboxylic acids is 1. The number of ether oxygens (including phenoxy) is 1. The Morgan fingerprint density at radius 1 is 1.38 bits per heavy atom. The van der Waals surface area contributed by atoms with E-state index < -0.39 is 5.97 Å². The number of benzene rings is 1. The lowest BCUT2D eigenvalue weighted by atomic mass is 10.2. The van der Waals surface area contributed by atoms with Gasteiger partial charge >= 0.3 is 5.97 Å². The van der Waals surface area contributed by atoms with Crippen LogP contribution in [0, 0.1) is 0 Å². The molecule has 2 aromatic rings. The van der Waals surface area contributed by atoms with Gasteiger partial charge in [0, 0.05) is 0 Å². The number of anilines is 1. The highest BCUT2D eigenvalue weighted by Crippen LogP contribution is 2.15. The number of nitrogens with two attached hydrogens (primary N) is 1. The van der Waals surface area contributed by atoms with Crippen molar-refractivity contribution in [3.8, 4) is 0 Å². The van der Waals surface area contributed by atoms with E-state index in [1.165, 1.54) is 6.20 Å². The van der Waals surface area contributed by atoms with Gasteiger partial charge in [0.15, 0.2) is 0 Å². The lowest BCUT2D eigenvalue weighted by molar-refractivity contribution is 0.0472. The molecular weight excluding hydrogens is 224 g/mol. The zero-order valence-electron chi connectivity index (χ0n) is 8.42. The largest absolute Gasteiger partial charge is 0.455 e. The first kappa shape index (κ1) is 10.6. The molecule has 1 aromatic carbocycles. The fraction of sp³-hybridized carbons (Fsp3) is 0.0909. The number of nitrogens with zero attached hydrogens (tertiary/aromatic N) is 1. The standard InChI is InChI=1S/C11H10N2O2S/c12-9-6-13-10(16-9)11(14)15-7-8-4-2-1-3-5-8/h1-6H,7,12H2. The first-order valence-electron chi connectivity index (χ1n) is 4.68. The van der Waals surface area contributed by atoms with Crippen molar-refractivity contribution in [1.29, 1.82) is 0 Å². The summed E-state index contributed by atoms with van der Waals surface area (Å²) in [5.41, 5.74) is 6.42. The molecule has 0 atom stereocenters. The molecule has 0 saturated carbocycles. The van der Waals surface area contributed by atoms with Crippen LogP contribution in [0.4, 0.5) is 5.00 Å². The topological polar surface area (TPSA) is 65.2 Å². The van der Waals surface area contributed by atoms with Gasteiger partial charge in [-0.15, -0.1) is 0 Å². The molecule has 0 aliphatic carbocycles. The minimum atomic E-state index is -0.439. The Kier molecular flexibility index (Phi) is 3.16. The summed E-state index contributed by atoms with van der Waals surface area (Å²) in [6.07, 6.45) is 1.45. The fourth-order valence-corrected chi connectivity index (χ4v) is 1.74. The Bertz CT molecular complexity index is 482. The van der Waals surface area contributed by atoms with Crippen molar-refractivity contribution < 1.29 is 9.53 Å². The van der Waals surface area contributed by atoms with Gasteiger partial charge in [0.2, 0.25) is 5.01 Å². The number of thiazole rings is 1. The molecule has 0 bridgehead atoms. The molecule has 0 aliphatic rings. The molecule has 0 unspecified atom stereocenters. The second-order valence-corrected chi connectivity index (χ2v) is 4.19. The molecule has 0 radical (unpaired) electrons. The molecule has 0 fully saturated rings. The molecule has 16 heavy (non-hydrogen) atoms. The van der Waals surface area contributed by atoms with Gasteiger partial charge in [0.1, 0.15) is 11.6 Å². The van der Waals surface area contributed by atoms with Gasteiger partial charge in [-0.1, -0.05) is 41.7 Å². The van der Waals surface area contributed by atoms with Crippen molar-refractivity contribution in [3.63, 3.8) is 0 Å². The molecule has 0 aliphatic heterocycles. The van der Waals surface area contributed by atoms with Crippen molar-refractivity contribution in [2.75, 3.05) is 5.73 Å². The smallest absolute Gasteiger partial charge is 0.367 e. The second kappa shape index (κ2) is 4.76. The predicted molar refractivity (Wildman–Crippen MR) is 62.1 cm³/mol. The van der Waals surface area contributed by atoms with Crippen LogP contribution in [0.3, 0.4) is 0 Å². The van der Waals surface area contributed by atoms with Gasteiger partial charge in [-0.25, -0.2) is 9.78 Å². The first-order valence-corrected chi connectivity index (χ1v) is 5.50. The summed E-state index contributed by atoms with van der Waals surface area (Å²) in [6, 6.07) is 9.48. The maximum Gasteiger partial charge on any atom is 0.367 e. The molecule has 0 saturated heterocycles. The molecule has 1 aromatic heterocycles. The van der Waals surface area contributed by atoms with Crippen molar-refractivity contribution in [2.45, 2.75) is 6.61 Å². The summed E-state index contributed by atoms with van der Waals surface area (Å²) in [7, 11) is 0. The maximum absolute atomic E-state index is 11.5. The Hall–Kier alpha value is -1.88. The third-order valence-electron chi connectivity index (χ3n) is 1.91. The van der Waals surface area contributed by atoms with Gasteiger partial charge in [-0.3, -0.25) is 0 Å². The van der Waals surface area contributed by atoms with E-state index in [1.807, 2.05) is 30.3 Å². The van der Waals surface area contributed by atoms with E-state index in [9.17, 15) is 4.79 Å². The minimum Gasteiger partial charge on any atom is -0.455 e. The van der Waals surface area contributed by atoms with Gasteiger partial charge in [0.05, 0.1) is 6.20 Å². The number of carbonyl (C=O) groups is 1. The van der Waals surface area contributed by atoms with E-state index in [0.717, 1.165) is 16.9 Å². The average molecular weight is 234 g/mol. The Morgan fingerprint density at radius 2 is 2.12 bits per heavy atom. The van der Waals surface area contributed by atoms with Crippen LogP contribution < -0.4 is 5.73 Å². The Labute approximate surface area is 96.7 Å². The highest BCUT2D eigenvalue weighted by atomic mass is 32.1. The van der Waals surface area contributed by atoms with E-state index in [2.05, 4.69) is 4.98 Å². The first-order chi connectivity index (χ1) is 7.75. The number of nitrogen functional groups attached to an aromatic ring is 1. The minimum absolute atomic E-state index is 0.249. The van der Waals surface area contributed by atoms with E-state index in [-0.39, 0.29) is 11.6 Å². The van der Waals surface area contributed by atoms with Crippen LogP contribution in [0.1, 0.15) is 15.4 Å². The van der Waals surface area contributed by atoms with Gasteiger partial charge < -0.3 is 10.5 Å². The molecule has 2 rings (SSSR count). The number of esters is 1. The molecule has 0 amide bonds. The third-order valence-corrected chi connectivity index (χ3v) is 2.72. The van der Waals surface area contributed by atoms with E-state index in [4.69, 9.17) is 10.5 Å². The zero-order valence-corrected chi connectivity index (χ0v) is 9.24. The summed E-state index contributed by atoms with van der Waals surface area (Å²) in [4.78, 5) is 15.3. The maximum atomic E-state index is 11.5. The van der Waals surface area contributed by atoms with Crippen LogP contribution in [0.2, 0.25) is 0 Å².